The van der Waals surface area contributed by atoms with Gasteiger partial charge in [0.15, 0.2) is 0 Å². The van der Waals surface area contributed by atoms with Crippen molar-refractivity contribution in [3.05, 3.63) is 29.8 Å². The van der Waals surface area contributed by atoms with Crippen molar-refractivity contribution in [2.75, 3.05) is 20.2 Å². The second-order valence-corrected chi connectivity index (χ2v) is 8.52. The Morgan fingerprint density at radius 3 is 2.67 bits per heavy atom. The van der Waals surface area contributed by atoms with Crippen LogP contribution in [0.4, 0.5) is 0 Å². The van der Waals surface area contributed by atoms with Crippen LogP contribution >= 0.6 is 0 Å². The van der Waals surface area contributed by atoms with Crippen molar-refractivity contribution < 1.29 is 14.3 Å². The molecule has 3 fully saturated rings. The van der Waals surface area contributed by atoms with E-state index in [1.165, 1.54) is 5.56 Å². The summed E-state index contributed by atoms with van der Waals surface area (Å²) in [6.07, 6.45) is 4.65. The van der Waals surface area contributed by atoms with E-state index in [0.29, 0.717) is 30.2 Å². The van der Waals surface area contributed by atoms with E-state index >= 15 is 0 Å². The van der Waals surface area contributed by atoms with Gasteiger partial charge < -0.3 is 15.0 Å². The first-order chi connectivity index (χ1) is 13.1. The van der Waals surface area contributed by atoms with Crippen molar-refractivity contribution in [1.29, 1.82) is 0 Å². The second-order valence-electron chi connectivity index (χ2n) is 8.52. The SMILES string of the molecule is COc1ccc(CCN2C(=O)C[C@H]3[C@H](CNC(=O)C4CC4)[C@@H](C)C[C@H]32)cc1. The zero-order valence-electron chi connectivity index (χ0n) is 16.3. The van der Waals surface area contributed by atoms with E-state index < -0.39 is 0 Å². The first kappa shape index (κ1) is 18.3. The van der Waals surface area contributed by atoms with Crippen molar-refractivity contribution in [2.45, 2.75) is 45.1 Å². The van der Waals surface area contributed by atoms with Crippen LogP contribution in [0.1, 0.15) is 38.2 Å². The molecule has 1 heterocycles. The topological polar surface area (TPSA) is 58.6 Å². The van der Waals surface area contributed by atoms with Crippen LogP contribution in [0, 0.1) is 23.7 Å². The Bertz CT molecular complexity index is 698. The molecule has 1 aromatic carbocycles. The van der Waals surface area contributed by atoms with Crippen molar-refractivity contribution in [3.8, 4) is 5.75 Å². The summed E-state index contributed by atoms with van der Waals surface area (Å²) >= 11 is 0. The molecule has 1 aliphatic heterocycles. The average Bonchev–Trinajstić information content (AvgIpc) is 3.42. The molecule has 2 aliphatic carbocycles. The summed E-state index contributed by atoms with van der Waals surface area (Å²) < 4.78 is 5.21. The quantitative estimate of drug-likeness (QED) is 0.803. The second kappa shape index (κ2) is 7.53. The standard InChI is InChI=1S/C22H30N2O3/c1-14-11-20-18(19(14)13-23-22(26)16-5-6-16)12-21(25)24(20)10-9-15-3-7-17(27-2)8-4-15/h3-4,7-8,14,16,18-20H,5-6,9-13H2,1-2H3,(H,23,26)/t14-,18-,19+,20+/m0/s1. The van der Waals surface area contributed by atoms with Crippen molar-refractivity contribution in [3.63, 3.8) is 0 Å². The van der Waals surface area contributed by atoms with Gasteiger partial charge in [0.05, 0.1) is 7.11 Å². The molecule has 0 unspecified atom stereocenters. The van der Waals surface area contributed by atoms with E-state index in [2.05, 4.69) is 29.3 Å². The van der Waals surface area contributed by atoms with Crippen molar-refractivity contribution >= 4 is 11.8 Å². The Kier molecular flexibility index (Phi) is 5.11. The normalized spacial score (nSPS) is 29.7. The lowest BCUT2D eigenvalue weighted by Crippen LogP contribution is -2.36. The Balaban J connectivity index is 1.34. The summed E-state index contributed by atoms with van der Waals surface area (Å²) in [5.41, 5.74) is 1.23. The van der Waals surface area contributed by atoms with Gasteiger partial charge in [0.2, 0.25) is 11.8 Å². The summed E-state index contributed by atoms with van der Waals surface area (Å²) in [5.74, 6) is 2.97. The number of rotatable bonds is 7. The minimum atomic E-state index is 0.214. The van der Waals surface area contributed by atoms with Crippen LogP contribution in [0.2, 0.25) is 0 Å². The number of methoxy groups -OCH3 is 1. The maximum atomic E-state index is 12.6. The summed E-state index contributed by atoms with van der Waals surface area (Å²) in [6, 6.07) is 8.43. The third-order valence-corrected chi connectivity index (χ3v) is 6.78. The minimum Gasteiger partial charge on any atom is -0.497 e. The number of hydrogen-bond donors (Lipinski definition) is 1. The molecule has 5 nitrogen and oxygen atoms in total. The van der Waals surface area contributed by atoms with Gasteiger partial charge in [-0.2, -0.15) is 0 Å². The largest absolute Gasteiger partial charge is 0.497 e. The fourth-order valence-electron chi connectivity index (χ4n) is 4.98. The van der Waals surface area contributed by atoms with Gasteiger partial charge in [-0.15, -0.1) is 0 Å². The van der Waals surface area contributed by atoms with Gasteiger partial charge in [-0.05, 0) is 61.1 Å². The fourth-order valence-corrected chi connectivity index (χ4v) is 4.98. The number of nitrogens with zero attached hydrogens (tertiary/aromatic N) is 1. The summed E-state index contributed by atoms with van der Waals surface area (Å²) in [6.45, 7) is 3.79. The maximum absolute atomic E-state index is 12.6. The summed E-state index contributed by atoms with van der Waals surface area (Å²) in [4.78, 5) is 26.7. The predicted molar refractivity (Wildman–Crippen MR) is 103 cm³/mol. The lowest BCUT2D eigenvalue weighted by atomic mass is 9.88. The van der Waals surface area contributed by atoms with Gasteiger partial charge in [0.25, 0.3) is 0 Å². The number of carbonyl (C=O) groups excluding carboxylic acids is 2. The van der Waals surface area contributed by atoms with Crippen molar-refractivity contribution in [1.82, 2.24) is 10.2 Å². The lowest BCUT2D eigenvalue weighted by molar-refractivity contribution is -0.129. The van der Waals surface area contributed by atoms with E-state index in [1.54, 1.807) is 7.11 Å². The molecule has 5 heteroatoms. The maximum Gasteiger partial charge on any atom is 0.223 e. The number of fused-ring (bicyclic) bond motifs is 1. The van der Waals surface area contributed by atoms with Crippen LogP contribution in [-0.4, -0.2) is 43.0 Å². The lowest BCUT2D eigenvalue weighted by Gasteiger charge is -2.24. The zero-order valence-corrected chi connectivity index (χ0v) is 16.3. The zero-order chi connectivity index (χ0) is 19.0. The number of amides is 2. The molecule has 146 valence electrons. The highest BCUT2D eigenvalue weighted by Crippen LogP contribution is 2.46. The van der Waals surface area contributed by atoms with Gasteiger partial charge in [-0.25, -0.2) is 0 Å². The van der Waals surface area contributed by atoms with Crippen LogP contribution < -0.4 is 10.1 Å². The van der Waals surface area contributed by atoms with Crippen LogP contribution in [0.3, 0.4) is 0 Å². The average molecular weight is 370 g/mol. The predicted octanol–water partition coefficient (Wildman–Crippen LogP) is 2.64. The smallest absolute Gasteiger partial charge is 0.223 e. The van der Waals surface area contributed by atoms with Gasteiger partial charge in [0, 0.05) is 31.5 Å². The van der Waals surface area contributed by atoms with E-state index in [9.17, 15) is 9.59 Å². The third kappa shape index (κ3) is 3.83. The molecular formula is C22H30N2O3. The molecule has 4 atom stereocenters. The molecule has 0 radical (unpaired) electrons. The molecule has 27 heavy (non-hydrogen) atoms. The number of nitrogens with one attached hydrogen (secondary N) is 1. The Morgan fingerprint density at radius 1 is 1.26 bits per heavy atom. The van der Waals surface area contributed by atoms with E-state index in [4.69, 9.17) is 4.74 Å². The van der Waals surface area contributed by atoms with Gasteiger partial charge >= 0.3 is 0 Å². The van der Waals surface area contributed by atoms with Gasteiger partial charge in [0.1, 0.15) is 5.75 Å². The Labute approximate surface area is 161 Å². The first-order valence-corrected chi connectivity index (χ1v) is 10.3. The first-order valence-electron chi connectivity index (χ1n) is 10.3. The van der Waals surface area contributed by atoms with Crippen LogP contribution in [0.25, 0.3) is 0 Å². The van der Waals surface area contributed by atoms with Crippen LogP contribution in [-0.2, 0) is 16.0 Å². The highest BCUT2D eigenvalue weighted by atomic mass is 16.5. The fraction of sp³-hybridized carbons (Fsp3) is 0.636. The van der Waals surface area contributed by atoms with E-state index in [0.717, 1.165) is 44.5 Å². The number of ether oxygens (including phenoxy) is 1. The van der Waals surface area contributed by atoms with Crippen LogP contribution in [0.15, 0.2) is 24.3 Å². The number of benzene rings is 1. The molecule has 1 N–H and O–H groups in total. The molecular weight excluding hydrogens is 340 g/mol. The van der Waals surface area contributed by atoms with Crippen molar-refractivity contribution in [2.24, 2.45) is 23.7 Å². The molecule has 2 amide bonds. The number of likely N-dealkylation sites (tertiary alicyclic amines) is 1. The van der Waals surface area contributed by atoms with Gasteiger partial charge in [-0.3, -0.25) is 9.59 Å². The molecule has 4 rings (SSSR count). The monoisotopic (exact) mass is 370 g/mol. The molecule has 0 spiro atoms. The minimum absolute atomic E-state index is 0.214. The number of carbonyl (C=O) groups is 2. The third-order valence-electron chi connectivity index (χ3n) is 6.78. The summed E-state index contributed by atoms with van der Waals surface area (Å²) in [7, 11) is 1.67. The van der Waals surface area contributed by atoms with Crippen LogP contribution in [0.5, 0.6) is 5.75 Å². The Morgan fingerprint density at radius 2 is 2.00 bits per heavy atom. The molecule has 0 aromatic heterocycles. The van der Waals surface area contributed by atoms with E-state index in [-0.39, 0.29) is 17.7 Å². The van der Waals surface area contributed by atoms with E-state index in [1.807, 2.05) is 12.1 Å². The molecule has 0 bridgehead atoms. The molecule has 1 saturated heterocycles. The molecule has 2 saturated carbocycles. The highest BCUT2D eigenvalue weighted by Gasteiger charge is 2.50. The molecule has 3 aliphatic rings. The highest BCUT2D eigenvalue weighted by molar-refractivity contribution is 5.81. The van der Waals surface area contributed by atoms with Gasteiger partial charge in [-0.1, -0.05) is 19.1 Å². The molecule has 1 aromatic rings. The summed E-state index contributed by atoms with van der Waals surface area (Å²) in [5, 5.41) is 3.15. The number of hydrogen-bond acceptors (Lipinski definition) is 3. The Hall–Kier alpha value is -2.04.